The van der Waals surface area contributed by atoms with Gasteiger partial charge in [0, 0.05) is 10.6 Å². The predicted molar refractivity (Wildman–Crippen MR) is 87.1 cm³/mol. The monoisotopic (exact) mass is 333 g/mol. The van der Waals surface area contributed by atoms with E-state index in [0.29, 0.717) is 16.2 Å². The average molecular weight is 334 g/mol. The molecule has 1 amide bonds. The highest BCUT2D eigenvalue weighted by Crippen LogP contribution is 2.22. The Bertz CT molecular complexity index is 802. The fraction of sp³-hybridized carbons (Fsp3) is 0.0588. The molecule has 0 atom stereocenters. The second kappa shape index (κ2) is 7.07. The molecule has 0 radical (unpaired) electrons. The third-order valence-corrected chi connectivity index (χ3v) is 3.29. The summed E-state index contributed by atoms with van der Waals surface area (Å²) in [7, 11) is 0. The number of aromatic carboxylic acids is 1. The van der Waals surface area contributed by atoms with Crippen molar-refractivity contribution in [1.82, 2.24) is 0 Å². The molecule has 0 saturated heterocycles. The van der Waals surface area contributed by atoms with Gasteiger partial charge < -0.3 is 10.4 Å². The number of carboxylic acids is 1. The maximum atomic E-state index is 13.1. The minimum Gasteiger partial charge on any atom is -0.478 e. The molecule has 0 aliphatic heterocycles. The fourth-order valence-corrected chi connectivity index (χ4v) is 2.11. The summed E-state index contributed by atoms with van der Waals surface area (Å²) in [5.41, 5.74) is 0.859. The lowest BCUT2D eigenvalue weighted by molar-refractivity contribution is -0.112. The van der Waals surface area contributed by atoms with Gasteiger partial charge in [-0.15, -0.1) is 0 Å². The Balaban J connectivity index is 2.25. The SMILES string of the molecule is CC(=Cc1cccc(F)c1)C(=O)Nc1cc(Cl)ccc1C(=O)O. The molecule has 0 aliphatic rings. The molecule has 2 N–H and O–H groups in total. The summed E-state index contributed by atoms with van der Waals surface area (Å²) in [4.78, 5) is 23.3. The number of carbonyl (C=O) groups is 2. The molecule has 2 aromatic carbocycles. The molecule has 0 bridgehead atoms. The molecule has 2 aromatic rings. The second-order valence-electron chi connectivity index (χ2n) is 4.83. The zero-order valence-electron chi connectivity index (χ0n) is 12.1. The highest BCUT2D eigenvalue weighted by Gasteiger charge is 2.14. The van der Waals surface area contributed by atoms with Crippen molar-refractivity contribution in [3.05, 3.63) is 70.0 Å². The molecule has 0 aliphatic carbocycles. The molecular formula is C17H13ClFNO3. The number of halogens is 2. The van der Waals surface area contributed by atoms with Gasteiger partial charge in [0.2, 0.25) is 0 Å². The van der Waals surface area contributed by atoms with Crippen LogP contribution >= 0.6 is 11.6 Å². The number of rotatable bonds is 4. The number of nitrogens with one attached hydrogen (secondary N) is 1. The third kappa shape index (κ3) is 4.40. The summed E-state index contributed by atoms with van der Waals surface area (Å²) in [6, 6.07) is 9.88. The summed E-state index contributed by atoms with van der Waals surface area (Å²) in [5.74, 6) is -2.09. The largest absolute Gasteiger partial charge is 0.478 e. The smallest absolute Gasteiger partial charge is 0.337 e. The van der Waals surface area contributed by atoms with Crippen molar-refractivity contribution in [2.75, 3.05) is 5.32 Å². The van der Waals surface area contributed by atoms with Crippen LogP contribution in [0.3, 0.4) is 0 Å². The lowest BCUT2D eigenvalue weighted by atomic mass is 10.1. The number of amides is 1. The highest BCUT2D eigenvalue weighted by molar-refractivity contribution is 6.31. The maximum absolute atomic E-state index is 13.1. The van der Waals surface area contributed by atoms with Gasteiger partial charge in [0.05, 0.1) is 11.3 Å². The second-order valence-corrected chi connectivity index (χ2v) is 5.27. The number of carbonyl (C=O) groups excluding carboxylic acids is 1. The van der Waals surface area contributed by atoms with Crippen LogP contribution in [0.15, 0.2) is 48.0 Å². The van der Waals surface area contributed by atoms with E-state index >= 15 is 0 Å². The van der Waals surface area contributed by atoms with E-state index < -0.39 is 17.7 Å². The summed E-state index contributed by atoms with van der Waals surface area (Å²) >= 11 is 5.83. The van der Waals surface area contributed by atoms with E-state index in [1.165, 1.54) is 42.5 Å². The van der Waals surface area contributed by atoms with Gasteiger partial charge >= 0.3 is 5.97 Å². The van der Waals surface area contributed by atoms with Gasteiger partial charge in [-0.1, -0.05) is 23.7 Å². The first-order chi connectivity index (χ1) is 10.9. The van der Waals surface area contributed by atoms with Gasteiger partial charge in [-0.2, -0.15) is 0 Å². The number of benzene rings is 2. The molecule has 0 saturated carbocycles. The van der Waals surface area contributed by atoms with E-state index in [1.807, 2.05) is 0 Å². The minimum atomic E-state index is -1.18. The van der Waals surface area contributed by atoms with Crippen molar-refractivity contribution in [2.45, 2.75) is 6.92 Å². The molecule has 0 unspecified atom stereocenters. The molecule has 23 heavy (non-hydrogen) atoms. The standard InChI is InChI=1S/C17H13ClFNO3/c1-10(7-11-3-2-4-13(19)8-11)16(21)20-15-9-12(18)5-6-14(15)17(22)23/h2-9H,1H3,(H,20,21)(H,22,23). The van der Waals surface area contributed by atoms with Crippen molar-refractivity contribution in [3.63, 3.8) is 0 Å². The molecule has 6 heteroatoms. The number of carboxylic acid groups (broad SMARTS) is 1. The van der Waals surface area contributed by atoms with Crippen LogP contribution < -0.4 is 5.32 Å². The summed E-state index contributed by atoms with van der Waals surface area (Å²) in [5, 5.41) is 11.9. The van der Waals surface area contributed by atoms with Gasteiger partial charge in [0.15, 0.2) is 0 Å². The van der Waals surface area contributed by atoms with Crippen LogP contribution in [0.4, 0.5) is 10.1 Å². The molecule has 0 spiro atoms. The molecule has 0 heterocycles. The Labute approximate surface area is 137 Å². The van der Waals surface area contributed by atoms with Crippen molar-refractivity contribution < 1.29 is 19.1 Å². The van der Waals surface area contributed by atoms with E-state index in [4.69, 9.17) is 16.7 Å². The molecule has 118 valence electrons. The van der Waals surface area contributed by atoms with Crippen LogP contribution in [0.5, 0.6) is 0 Å². The first-order valence-corrected chi connectivity index (χ1v) is 7.02. The average Bonchev–Trinajstić information content (AvgIpc) is 2.46. The van der Waals surface area contributed by atoms with Crippen LogP contribution in [-0.2, 0) is 4.79 Å². The van der Waals surface area contributed by atoms with Crippen LogP contribution in [0.1, 0.15) is 22.8 Å². The Morgan fingerprint density at radius 1 is 1.22 bits per heavy atom. The van der Waals surface area contributed by atoms with E-state index in [2.05, 4.69) is 5.32 Å². The lowest BCUT2D eigenvalue weighted by Crippen LogP contribution is -2.15. The Kier molecular flexibility index (Phi) is 5.13. The van der Waals surface area contributed by atoms with Crippen molar-refractivity contribution in [2.24, 2.45) is 0 Å². The summed E-state index contributed by atoms with van der Waals surface area (Å²) in [6.45, 7) is 1.55. The minimum absolute atomic E-state index is 0.0682. The van der Waals surface area contributed by atoms with Crippen molar-refractivity contribution in [3.8, 4) is 0 Å². The first-order valence-electron chi connectivity index (χ1n) is 6.65. The predicted octanol–water partition coefficient (Wildman–Crippen LogP) is 4.22. The van der Waals surface area contributed by atoms with Gasteiger partial charge in [-0.3, -0.25) is 4.79 Å². The number of hydrogen-bond acceptors (Lipinski definition) is 2. The molecule has 2 rings (SSSR count). The molecular weight excluding hydrogens is 321 g/mol. The summed E-state index contributed by atoms with van der Waals surface area (Å²) in [6.07, 6.45) is 1.50. The van der Waals surface area contributed by atoms with Gasteiger partial charge in [-0.05, 0) is 48.9 Å². The molecule has 0 aromatic heterocycles. The van der Waals surface area contributed by atoms with Crippen molar-refractivity contribution >= 4 is 35.2 Å². The number of anilines is 1. The fourth-order valence-electron chi connectivity index (χ4n) is 1.94. The molecule has 4 nitrogen and oxygen atoms in total. The van der Waals surface area contributed by atoms with E-state index in [1.54, 1.807) is 13.0 Å². The van der Waals surface area contributed by atoms with E-state index in [9.17, 15) is 14.0 Å². The first kappa shape index (κ1) is 16.7. The van der Waals surface area contributed by atoms with E-state index in [0.717, 1.165) is 0 Å². The van der Waals surface area contributed by atoms with Crippen LogP contribution in [0, 0.1) is 5.82 Å². The summed E-state index contributed by atoms with van der Waals surface area (Å²) < 4.78 is 13.1. The topological polar surface area (TPSA) is 66.4 Å². The van der Waals surface area contributed by atoms with Crippen LogP contribution in [0.2, 0.25) is 5.02 Å². The zero-order valence-corrected chi connectivity index (χ0v) is 12.9. The Morgan fingerprint density at radius 2 is 1.96 bits per heavy atom. The Hall–Kier alpha value is -2.66. The van der Waals surface area contributed by atoms with Crippen LogP contribution in [0.25, 0.3) is 6.08 Å². The van der Waals surface area contributed by atoms with Crippen LogP contribution in [-0.4, -0.2) is 17.0 Å². The van der Waals surface area contributed by atoms with Gasteiger partial charge in [-0.25, -0.2) is 9.18 Å². The molecule has 0 fully saturated rings. The maximum Gasteiger partial charge on any atom is 0.337 e. The highest BCUT2D eigenvalue weighted by atomic mass is 35.5. The Morgan fingerprint density at radius 3 is 2.61 bits per heavy atom. The van der Waals surface area contributed by atoms with Crippen molar-refractivity contribution in [1.29, 1.82) is 0 Å². The number of hydrogen-bond donors (Lipinski definition) is 2. The quantitative estimate of drug-likeness (QED) is 0.823. The van der Waals surface area contributed by atoms with Gasteiger partial charge in [0.25, 0.3) is 5.91 Å². The third-order valence-electron chi connectivity index (χ3n) is 3.05. The lowest BCUT2D eigenvalue weighted by Gasteiger charge is -2.09. The zero-order chi connectivity index (χ0) is 17.0. The van der Waals surface area contributed by atoms with Gasteiger partial charge in [0.1, 0.15) is 5.82 Å². The normalized spacial score (nSPS) is 11.2. The van der Waals surface area contributed by atoms with E-state index in [-0.39, 0.29) is 11.3 Å².